The van der Waals surface area contributed by atoms with E-state index in [0.29, 0.717) is 13.2 Å². The van der Waals surface area contributed by atoms with E-state index in [-0.39, 0.29) is 29.6 Å². The summed E-state index contributed by atoms with van der Waals surface area (Å²) in [6, 6.07) is 0. The topological polar surface area (TPSA) is 52.3 Å². The molecule has 1 atom stereocenters. The van der Waals surface area contributed by atoms with Crippen LogP contribution in [0.15, 0.2) is 0 Å². The Hall–Kier alpha value is 1.15. The van der Waals surface area contributed by atoms with Crippen LogP contribution in [0.5, 0.6) is 0 Å². The fourth-order valence-electron chi connectivity index (χ4n) is 0.116. The van der Waals surface area contributed by atoms with Crippen LogP contribution in [0.4, 0.5) is 0 Å². The van der Waals surface area contributed by atoms with Gasteiger partial charge in [-0.2, -0.15) is 0 Å². The Kier molecular flexibility index (Phi) is 16.0. The van der Waals surface area contributed by atoms with Gasteiger partial charge in [0.1, 0.15) is 0 Å². The third kappa shape index (κ3) is 11.0. The van der Waals surface area contributed by atoms with Gasteiger partial charge in [0.2, 0.25) is 0 Å². The van der Waals surface area contributed by atoms with Gasteiger partial charge in [-0.15, -0.1) is 0 Å². The van der Waals surface area contributed by atoms with E-state index in [2.05, 4.69) is 4.52 Å². The van der Waals surface area contributed by atoms with Crippen molar-refractivity contribution in [1.29, 1.82) is 0 Å². The van der Waals surface area contributed by atoms with Crippen LogP contribution in [-0.2, 0) is 9.09 Å². The van der Waals surface area contributed by atoms with Crippen molar-refractivity contribution < 1.29 is 9.09 Å². The molecule has 0 aromatic carbocycles. The minimum atomic E-state index is -1.05. The minimum Gasteiger partial charge on any atom is -0.331 e. The van der Waals surface area contributed by atoms with E-state index in [1.807, 2.05) is 0 Å². The summed E-state index contributed by atoms with van der Waals surface area (Å²) in [5.74, 6) is 0. The number of hydrogen-bond donors (Lipinski definition) is 1. The molecule has 0 spiro atoms. The summed E-state index contributed by atoms with van der Waals surface area (Å²) in [6.07, 6.45) is 0. The normalized spacial score (nSPS) is 9.29. The van der Waals surface area contributed by atoms with Gasteiger partial charge in [-0.3, -0.25) is 4.57 Å². The zero-order chi connectivity index (χ0) is 4.83. The second kappa shape index (κ2) is 10.2. The van der Waals surface area contributed by atoms with Crippen LogP contribution in [0.25, 0.3) is 0 Å². The molecule has 0 saturated carbocycles. The molecule has 0 fully saturated rings. The molecule has 1 radical (unpaired) electrons. The van der Waals surface area contributed by atoms with Gasteiger partial charge in [0.25, 0.3) is 0 Å². The molecule has 0 aromatic heterocycles. The molecule has 7 heavy (non-hydrogen) atoms. The summed E-state index contributed by atoms with van der Waals surface area (Å²) < 4.78 is 13.9. The maximum atomic E-state index is 9.49. The molecule has 0 aliphatic carbocycles. The predicted octanol–water partition coefficient (Wildman–Crippen LogP) is -0.748. The summed E-state index contributed by atoms with van der Waals surface area (Å²) in [5.41, 5.74) is 4.96. The first-order chi connectivity index (χ1) is 2.91. The summed E-state index contributed by atoms with van der Waals surface area (Å²) in [7, 11) is -1.05. The second-order valence-electron chi connectivity index (χ2n) is 0.756. The van der Waals surface area contributed by atoms with Crippen molar-refractivity contribution in [3.8, 4) is 0 Å². The van der Waals surface area contributed by atoms with Gasteiger partial charge >= 0.3 is 0 Å². The largest absolute Gasteiger partial charge is 0.331 e. The molecule has 5 heteroatoms. The Bertz CT molecular complexity index is 44.7. The van der Waals surface area contributed by atoms with Crippen LogP contribution in [-0.4, -0.2) is 42.7 Å². The van der Waals surface area contributed by atoms with Crippen LogP contribution in [0.1, 0.15) is 0 Å². The molecule has 2 N–H and O–H groups in total. The van der Waals surface area contributed by atoms with E-state index in [1.54, 1.807) is 0 Å². The number of nitrogens with two attached hydrogens (primary N) is 1. The summed E-state index contributed by atoms with van der Waals surface area (Å²) in [6.45, 7) is 0.869. The molecule has 1 unspecified atom stereocenters. The van der Waals surface area contributed by atoms with Crippen LogP contribution >= 0.6 is 8.69 Å². The van der Waals surface area contributed by atoms with Gasteiger partial charge in [0.05, 0.1) is 6.61 Å². The quantitative estimate of drug-likeness (QED) is 0.312. The Balaban J connectivity index is 0. The maximum absolute atomic E-state index is 9.49. The third-order valence-corrected chi connectivity index (χ3v) is 0.676. The molecule has 0 aliphatic heterocycles. The first-order valence-corrected chi connectivity index (χ1v) is 2.61. The Morgan fingerprint density at radius 2 is 2.29 bits per heavy atom. The number of rotatable bonds is 3. The fraction of sp³-hybridized carbons (Fsp3) is 1.00. The summed E-state index contributed by atoms with van der Waals surface area (Å²) in [5, 5.41) is 0. The van der Waals surface area contributed by atoms with Gasteiger partial charge < -0.3 is 10.3 Å². The zero-order valence-electron chi connectivity index (χ0n) is 4.39. The Morgan fingerprint density at radius 3 is 2.43 bits per heavy atom. The van der Waals surface area contributed by atoms with E-state index >= 15 is 0 Å². The van der Waals surface area contributed by atoms with Crippen LogP contribution < -0.4 is 5.73 Å². The SMILES string of the molecule is NCCO[PH2]=O.[Na]. The van der Waals surface area contributed by atoms with E-state index in [9.17, 15) is 4.57 Å². The monoisotopic (exact) mass is 132 g/mol. The van der Waals surface area contributed by atoms with E-state index in [1.165, 1.54) is 0 Å². The maximum Gasteiger partial charge on any atom is 0.179 e. The molecule has 0 rings (SSSR count). The fourth-order valence-corrected chi connectivity index (χ4v) is 0.348. The molecule has 0 aliphatic rings. The van der Waals surface area contributed by atoms with E-state index in [4.69, 9.17) is 5.73 Å². The minimum absolute atomic E-state index is 0. The van der Waals surface area contributed by atoms with Crippen LogP contribution in [0.3, 0.4) is 0 Å². The molecule has 0 amide bonds. The van der Waals surface area contributed by atoms with Gasteiger partial charge in [-0.1, -0.05) is 0 Å². The molecule has 0 aromatic rings. The van der Waals surface area contributed by atoms with E-state index < -0.39 is 8.69 Å². The van der Waals surface area contributed by atoms with Crippen molar-refractivity contribution in [1.82, 2.24) is 0 Å². The number of hydrogen-bond acceptors (Lipinski definition) is 3. The van der Waals surface area contributed by atoms with Crippen molar-refractivity contribution in [2.75, 3.05) is 13.2 Å². The molecule has 3 nitrogen and oxygen atoms in total. The standard InChI is InChI=1S/C2H8NO2P.Na/c3-1-2-5-6-4;/h1-3,6H2;. The van der Waals surface area contributed by atoms with Crippen molar-refractivity contribution >= 4 is 38.2 Å². The Labute approximate surface area is 66.2 Å². The van der Waals surface area contributed by atoms with Crippen molar-refractivity contribution in [2.45, 2.75) is 0 Å². The van der Waals surface area contributed by atoms with Crippen molar-refractivity contribution in [3.05, 3.63) is 0 Å². The van der Waals surface area contributed by atoms with Gasteiger partial charge in [-0.05, 0) is 0 Å². The molecular weight excluding hydrogens is 124 g/mol. The zero-order valence-corrected chi connectivity index (χ0v) is 7.54. The Morgan fingerprint density at radius 1 is 1.71 bits per heavy atom. The predicted molar refractivity (Wildman–Crippen MR) is 31.2 cm³/mol. The molecule has 0 saturated heterocycles. The van der Waals surface area contributed by atoms with Crippen LogP contribution in [0.2, 0.25) is 0 Å². The van der Waals surface area contributed by atoms with E-state index in [0.717, 1.165) is 0 Å². The van der Waals surface area contributed by atoms with Gasteiger partial charge in [0.15, 0.2) is 8.69 Å². The first-order valence-electron chi connectivity index (χ1n) is 1.67. The van der Waals surface area contributed by atoms with Crippen molar-refractivity contribution in [2.24, 2.45) is 5.73 Å². The van der Waals surface area contributed by atoms with Gasteiger partial charge in [0, 0.05) is 36.1 Å². The first kappa shape index (κ1) is 11.0. The van der Waals surface area contributed by atoms with Crippen LogP contribution in [0, 0.1) is 0 Å². The summed E-state index contributed by atoms with van der Waals surface area (Å²) >= 11 is 0. The summed E-state index contributed by atoms with van der Waals surface area (Å²) in [4.78, 5) is 0. The van der Waals surface area contributed by atoms with Crippen molar-refractivity contribution in [3.63, 3.8) is 0 Å². The van der Waals surface area contributed by atoms with Gasteiger partial charge in [-0.25, -0.2) is 0 Å². The third-order valence-electron chi connectivity index (χ3n) is 0.304. The average molecular weight is 132 g/mol. The molecular formula is C2H8NNaO2P. The molecule has 0 bridgehead atoms. The molecule has 39 valence electrons. The smallest absolute Gasteiger partial charge is 0.179 e. The average Bonchev–Trinajstić information content (AvgIpc) is 1.61. The molecule has 0 heterocycles. The second-order valence-corrected chi connectivity index (χ2v) is 1.28.